The Kier molecular flexibility index (Phi) is 3.59. The summed E-state index contributed by atoms with van der Waals surface area (Å²) >= 11 is 6.39. The van der Waals surface area contributed by atoms with Crippen LogP contribution in [0.1, 0.15) is 18.3 Å². The van der Waals surface area contributed by atoms with Gasteiger partial charge in [0.1, 0.15) is 0 Å². The number of para-hydroxylation sites is 2. The molecule has 1 N–H and O–H groups in total. The monoisotopic (exact) mass is 304 g/mol. The number of carbonyl (C=O) groups is 1. The molecule has 0 spiro atoms. The minimum atomic E-state index is 0.0315. The molecule has 2 aromatic rings. The molecule has 21 heavy (non-hydrogen) atoms. The minimum Gasteiger partial charge on any atom is -0.374 e. The number of halogens is 1. The van der Waals surface area contributed by atoms with E-state index < -0.39 is 0 Å². The number of benzene rings is 1. The van der Waals surface area contributed by atoms with Crippen molar-refractivity contribution < 1.29 is 4.79 Å². The molecule has 0 saturated heterocycles. The van der Waals surface area contributed by atoms with Gasteiger partial charge in [0.25, 0.3) is 0 Å². The molecule has 0 fully saturated rings. The average Bonchev–Trinajstić information content (AvgIpc) is 2.77. The molecule has 1 aliphatic heterocycles. The lowest BCUT2D eigenvalue weighted by Crippen LogP contribution is -2.39. The van der Waals surface area contributed by atoms with Gasteiger partial charge in [-0.1, -0.05) is 30.7 Å². The minimum absolute atomic E-state index is 0.0315. The first kappa shape index (κ1) is 13.9. The summed E-state index contributed by atoms with van der Waals surface area (Å²) in [5.74, 6) is 0.0315. The molecule has 2 heterocycles. The van der Waals surface area contributed by atoms with E-state index >= 15 is 0 Å². The van der Waals surface area contributed by atoms with Crippen molar-refractivity contribution in [3.63, 3.8) is 0 Å². The van der Waals surface area contributed by atoms with Crippen molar-refractivity contribution in [3.05, 3.63) is 40.7 Å². The van der Waals surface area contributed by atoms with Gasteiger partial charge < -0.3 is 10.2 Å². The molecule has 3 rings (SSSR count). The van der Waals surface area contributed by atoms with Crippen LogP contribution in [-0.2, 0) is 24.8 Å². The predicted octanol–water partition coefficient (Wildman–Crippen LogP) is 2.59. The van der Waals surface area contributed by atoms with Crippen molar-refractivity contribution in [2.75, 3.05) is 16.8 Å². The van der Waals surface area contributed by atoms with Crippen LogP contribution in [0.15, 0.2) is 24.3 Å². The van der Waals surface area contributed by atoms with Crippen LogP contribution in [0.25, 0.3) is 0 Å². The number of rotatable bonds is 3. The molecule has 0 unspecified atom stereocenters. The number of nitrogens with zero attached hydrogens (tertiary/aromatic N) is 3. The van der Waals surface area contributed by atoms with Crippen LogP contribution >= 0.6 is 11.6 Å². The Balaban J connectivity index is 1.98. The maximum atomic E-state index is 12.3. The smallest absolute Gasteiger partial charge is 0.246 e. The predicted molar refractivity (Wildman–Crippen MR) is 83.7 cm³/mol. The molecule has 0 aliphatic carbocycles. The summed E-state index contributed by atoms with van der Waals surface area (Å²) in [7, 11) is 1.86. The fourth-order valence-electron chi connectivity index (χ4n) is 2.57. The van der Waals surface area contributed by atoms with E-state index in [4.69, 9.17) is 11.6 Å². The van der Waals surface area contributed by atoms with Crippen molar-refractivity contribution >= 4 is 28.9 Å². The molecule has 6 heteroatoms. The topological polar surface area (TPSA) is 50.2 Å². The second-order valence-electron chi connectivity index (χ2n) is 5.04. The van der Waals surface area contributed by atoms with Crippen LogP contribution < -0.4 is 10.2 Å². The average molecular weight is 305 g/mol. The molecule has 110 valence electrons. The Morgan fingerprint density at radius 2 is 2.14 bits per heavy atom. The standard InChI is InChI=1S/C15H17ClN4O/c1-3-10-15(16)13(19(2)18-10)9-20-12-7-5-4-6-11(12)17-8-14(20)21/h4-7,17H,3,8-9H2,1-2H3. The zero-order chi connectivity index (χ0) is 15.0. The molecular formula is C15H17ClN4O. The first-order valence-electron chi connectivity index (χ1n) is 6.95. The largest absolute Gasteiger partial charge is 0.374 e. The summed E-state index contributed by atoms with van der Waals surface area (Å²) in [6.07, 6.45) is 0.777. The quantitative estimate of drug-likeness (QED) is 0.948. The van der Waals surface area contributed by atoms with E-state index in [2.05, 4.69) is 10.4 Å². The SMILES string of the molecule is CCc1nn(C)c(CN2C(=O)CNc3ccccc32)c1Cl. The molecular weight excluding hydrogens is 288 g/mol. The number of nitrogens with one attached hydrogen (secondary N) is 1. The third-order valence-electron chi connectivity index (χ3n) is 3.74. The molecule has 1 aromatic heterocycles. The lowest BCUT2D eigenvalue weighted by atomic mass is 10.2. The Bertz CT molecular complexity index is 695. The van der Waals surface area contributed by atoms with Gasteiger partial charge >= 0.3 is 0 Å². The summed E-state index contributed by atoms with van der Waals surface area (Å²) in [5.41, 5.74) is 3.57. The van der Waals surface area contributed by atoms with E-state index in [-0.39, 0.29) is 5.91 Å². The van der Waals surface area contributed by atoms with E-state index in [1.165, 1.54) is 0 Å². The Labute approximate surface area is 128 Å². The molecule has 5 nitrogen and oxygen atoms in total. The van der Waals surface area contributed by atoms with Gasteiger partial charge in [0.15, 0.2) is 0 Å². The second-order valence-corrected chi connectivity index (χ2v) is 5.41. The Morgan fingerprint density at radius 3 is 2.86 bits per heavy atom. The Morgan fingerprint density at radius 1 is 1.38 bits per heavy atom. The first-order valence-corrected chi connectivity index (χ1v) is 7.33. The van der Waals surface area contributed by atoms with Gasteiger partial charge in [0.2, 0.25) is 5.91 Å². The van der Waals surface area contributed by atoms with E-state index in [0.717, 1.165) is 29.2 Å². The van der Waals surface area contributed by atoms with Crippen LogP contribution in [-0.4, -0.2) is 22.2 Å². The zero-order valence-corrected chi connectivity index (χ0v) is 12.8. The number of aryl methyl sites for hydroxylation is 2. The van der Waals surface area contributed by atoms with Crippen molar-refractivity contribution in [2.45, 2.75) is 19.9 Å². The molecule has 1 aliphatic rings. The highest BCUT2D eigenvalue weighted by Crippen LogP contribution is 2.32. The highest BCUT2D eigenvalue weighted by atomic mass is 35.5. The first-order chi connectivity index (χ1) is 10.1. The van der Waals surface area contributed by atoms with Crippen LogP contribution in [0.5, 0.6) is 0 Å². The Hall–Kier alpha value is -2.01. The van der Waals surface area contributed by atoms with Gasteiger partial charge in [-0.15, -0.1) is 0 Å². The van der Waals surface area contributed by atoms with Crippen LogP contribution in [0.4, 0.5) is 11.4 Å². The van der Waals surface area contributed by atoms with Crippen molar-refractivity contribution in [2.24, 2.45) is 7.05 Å². The summed E-state index contributed by atoms with van der Waals surface area (Å²) in [5, 5.41) is 8.19. The summed E-state index contributed by atoms with van der Waals surface area (Å²) in [4.78, 5) is 14.0. The van der Waals surface area contributed by atoms with E-state index in [9.17, 15) is 4.79 Å². The molecule has 0 saturated carbocycles. The van der Waals surface area contributed by atoms with Gasteiger partial charge in [-0.05, 0) is 18.6 Å². The summed E-state index contributed by atoms with van der Waals surface area (Å²) < 4.78 is 1.76. The number of fused-ring (bicyclic) bond motifs is 1. The number of aromatic nitrogens is 2. The normalized spacial score (nSPS) is 14.0. The molecule has 0 bridgehead atoms. The fraction of sp³-hybridized carbons (Fsp3) is 0.333. The lowest BCUT2D eigenvalue weighted by Gasteiger charge is -2.30. The third kappa shape index (κ3) is 2.38. The molecule has 0 radical (unpaired) electrons. The van der Waals surface area contributed by atoms with Crippen LogP contribution in [0.2, 0.25) is 5.02 Å². The van der Waals surface area contributed by atoms with Gasteiger partial charge in [0.05, 0.1) is 40.9 Å². The van der Waals surface area contributed by atoms with Crippen molar-refractivity contribution in [3.8, 4) is 0 Å². The van der Waals surface area contributed by atoms with Gasteiger partial charge in [-0.25, -0.2) is 0 Å². The number of carbonyl (C=O) groups excluding carboxylic acids is 1. The second kappa shape index (κ2) is 5.41. The van der Waals surface area contributed by atoms with E-state index in [1.54, 1.807) is 9.58 Å². The highest BCUT2D eigenvalue weighted by molar-refractivity contribution is 6.32. The van der Waals surface area contributed by atoms with E-state index in [0.29, 0.717) is 18.1 Å². The highest BCUT2D eigenvalue weighted by Gasteiger charge is 2.26. The maximum Gasteiger partial charge on any atom is 0.246 e. The summed E-state index contributed by atoms with van der Waals surface area (Å²) in [6, 6.07) is 7.78. The number of hydrogen-bond acceptors (Lipinski definition) is 3. The fourth-order valence-corrected chi connectivity index (χ4v) is 2.93. The number of anilines is 2. The summed E-state index contributed by atoms with van der Waals surface area (Å²) in [6.45, 7) is 2.75. The zero-order valence-electron chi connectivity index (χ0n) is 12.1. The van der Waals surface area contributed by atoms with Gasteiger partial charge in [-0.2, -0.15) is 5.10 Å². The molecule has 1 aromatic carbocycles. The van der Waals surface area contributed by atoms with Gasteiger partial charge in [-0.3, -0.25) is 9.48 Å². The van der Waals surface area contributed by atoms with Crippen molar-refractivity contribution in [1.82, 2.24) is 9.78 Å². The maximum absolute atomic E-state index is 12.3. The van der Waals surface area contributed by atoms with Crippen LogP contribution in [0, 0.1) is 0 Å². The van der Waals surface area contributed by atoms with E-state index in [1.807, 2.05) is 38.2 Å². The van der Waals surface area contributed by atoms with Crippen LogP contribution in [0.3, 0.4) is 0 Å². The molecule has 0 atom stereocenters. The third-order valence-corrected chi connectivity index (χ3v) is 4.17. The molecule has 1 amide bonds. The lowest BCUT2D eigenvalue weighted by molar-refractivity contribution is -0.117. The van der Waals surface area contributed by atoms with Gasteiger partial charge in [0, 0.05) is 7.05 Å². The number of amides is 1. The number of hydrogen-bond donors (Lipinski definition) is 1. The van der Waals surface area contributed by atoms with Crippen molar-refractivity contribution in [1.29, 1.82) is 0 Å².